The molecule has 2 saturated heterocycles. The number of rotatable bonds is 5. The summed E-state index contributed by atoms with van der Waals surface area (Å²) in [4.78, 5) is 31.5. The summed E-state index contributed by atoms with van der Waals surface area (Å²) in [6.07, 6.45) is 8.03. The lowest BCUT2D eigenvalue weighted by Gasteiger charge is -2.45. The number of carbonyl (C=O) groups excluding carboxylic acids is 2. The van der Waals surface area contributed by atoms with E-state index in [1.54, 1.807) is 6.20 Å². The van der Waals surface area contributed by atoms with Crippen LogP contribution in [-0.4, -0.2) is 64.7 Å². The molecular formula is C20H30N4O4. The Bertz CT molecular complexity index is 705. The van der Waals surface area contributed by atoms with E-state index >= 15 is 0 Å². The van der Waals surface area contributed by atoms with Gasteiger partial charge >= 0.3 is 0 Å². The number of piperidine rings is 1. The molecule has 1 aromatic heterocycles. The molecule has 3 aliphatic heterocycles. The van der Waals surface area contributed by atoms with E-state index in [-0.39, 0.29) is 17.9 Å². The maximum absolute atomic E-state index is 12.8. The van der Waals surface area contributed by atoms with Crippen LogP contribution in [0.15, 0.2) is 12.4 Å². The Morgan fingerprint density at radius 1 is 1.36 bits per heavy atom. The van der Waals surface area contributed by atoms with Crippen molar-refractivity contribution >= 4 is 11.8 Å². The molecular weight excluding hydrogens is 360 g/mol. The standard InChI is InChI=1S/C20H30N4O4/c1-2-4-17(25)23-9-6-20(7-10-23)19-21-8-11-24(19)14-16(28-20)18(26)22-13-15-5-3-12-27-15/h8,11,15-16H,2-7,9-10,12-14H2,1H3,(H,22,26)/t15-,16-/m1/s1. The number of hydrogen-bond donors (Lipinski definition) is 1. The van der Waals surface area contributed by atoms with Crippen LogP contribution in [0.1, 0.15) is 51.3 Å². The molecule has 2 amide bonds. The van der Waals surface area contributed by atoms with Crippen LogP contribution < -0.4 is 5.32 Å². The Morgan fingerprint density at radius 2 is 2.18 bits per heavy atom. The van der Waals surface area contributed by atoms with Crippen molar-refractivity contribution in [3.05, 3.63) is 18.2 Å². The maximum Gasteiger partial charge on any atom is 0.251 e. The lowest BCUT2D eigenvalue weighted by molar-refractivity contribution is -0.176. The molecule has 2 fully saturated rings. The second-order valence-corrected chi connectivity index (χ2v) is 8.01. The molecule has 28 heavy (non-hydrogen) atoms. The third-order valence-corrected chi connectivity index (χ3v) is 6.06. The minimum Gasteiger partial charge on any atom is -0.376 e. The minimum atomic E-state index is -0.601. The summed E-state index contributed by atoms with van der Waals surface area (Å²) in [5, 5.41) is 3.00. The van der Waals surface area contributed by atoms with Gasteiger partial charge in [0.1, 0.15) is 11.4 Å². The van der Waals surface area contributed by atoms with E-state index in [0.29, 0.717) is 45.4 Å². The molecule has 0 radical (unpaired) electrons. The van der Waals surface area contributed by atoms with Crippen LogP contribution in [0.5, 0.6) is 0 Å². The number of carbonyl (C=O) groups is 2. The first-order valence-electron chi connectivity index (χ1n) is 10.5. The van der Waals surface area contributed by atoms with Crippen LogP contribution in [0.4, 0.5) is 0 Å². The number of nitrogens with one attached hydrogen (secondary N) is 1. The number of likely N-dealkylation sites (tertiary alicyclic amines) is 1. The van der Waals surface area contributed by atoms with Gasteiger partial charge < -0.3 is 24.3 Å². The van der Waals surface area contributed by atoms with Crippen molar-refractivity contribution < 1.29 is 19.1 Å². The van der Waals surface area contributed by atoms with Gasteiger partial charge in [-0.1, -0.05) is 6.92 Å². The highest BCUT2D eigenvalue weighted by molar-refractivity contribution is 5.81. The fourth-order valence-electron chi connectivity index (χ4n) is 4.50. The van der Waals surface area contributed by atoms with E-state index in [1.807, 2.05) is 22.6 Å². The molecule has 0 bridgehead atoms. The SMILES string of the molecule is CCCC(=O)N1CCC2(CC1)O[C@@H](C(=O)NC[C@H]1CCCO1)Cn1ccnc12. The predicted octanol–water partition coefficient (Wildman–Crippen LogP) is 1.19. The van der Waals surface area contributed by atoms with Crippen LogP contribution in [0.25, 0.3) is 0 Å². The van der Waals surface area contributed by atoms with Gasteiger partial charge in [0.05, 0.1) is 12.6 Å². The van der Waals surface area contributed by atoms with Crippen molar-refractivity contribution in [3.63, 3.8) is 0 Å². The van der Waals surface area contributed by atoms with Crippen molar-refractivity contribution in [1.29, 1.82) is 0 Å². The van der Waals surface area contributed by atoms with Gasteiger partial charge in [0.2, 0.25) is 5.91 Å². The number of hydrogen-bond acceptors (Lipinski definition) is 5. The van der Waals surface area contributed by atoms with Crippen LogP contribution in [0, 0.1) is 0 Å². The molecule has 0 aromatic carbocycles. The number of fused-ring (bicyclic) bond motifs is 2. The fourth-order valence-corrected chi connectivity index (χ4v) is 4.50. The number of aromatic nitrogens is 2. The zero-order valence-corrected chi connectivity index (χ0v) is 16.6. The minimum absolute atomic E-state index is 0.0984. The summed E-state index contributed by atoms with van der Waals surface area (Å²) >= 11 is 0. The molecule has 4 rings (SSSR count). The van der Waals surface area contributed by atoms with Gasteiger partial charge in [0.25, 0.3) is 5.91 Å². The average Bonchev–Trinajstić information content (AvgIpc) is 3.39. The van der Waals surface area contributed by atoms with Gasteiger partial charge in [-0.2, -0.15) is 0 Å². The number of imidazole rings is 1. The second kappa shape index (κ2) is 8.21. The zero-order chi connectivity index (χ0) is 19.6. The summed E-state index contributed by atoms with van der Waals surface area (Å²) in [7, 11) is 0. The molecule has 4 heterocycles. The smallest absolute Gasteiger partial charge is 0.251 e. The van der Waals surface area contributed by atoms with E-state index in [1.165, 1.54) is 0 Å². The predicted molar refractivity (Wildman–Crippen MR) is 101 cm³/mol. The lowest BCUT2D eigenvalue weighted by atomic mass is 9.88. The molecule has 3 aliphatic rings. The van der Waals surface area contributed by atoms with E-state index < -0.39 is 11.7 Å². The Kier molecular flexibility index (Phi) is 5.68. The Hall–Kier alpha value is -1.93. The van der Waals surface area contributed by atoms with Crippen molar-refractivity contribution in [3.8, 4) is 0 Å². The molecule has 0 saturated carbocycles. The Balaban J connectivity index is 1.43. The zero-order valence-electron chi connectivity index (χ0n) is 16.6. The van der Waals surface area contributed by atoms with E-state index in [4.69, 9.17) is 9.47 Å². The molecule has 2 atom stereocenters. The van der Waals surface area contributed by atoms with E-state index in [9.17, 15) is 9.59 Å². The van der Waals surface area contributed by atoms with Crippen LogP contribution >= 0.6 is 0 Å². The third-order valence-electron chi connectivity index (χ3n) is 6.06. The van der Waals surface area contributed by atoms with Crippen LogP contribution in [0.3, 0.4) is 0 Å². The molecule has 1 N–H and O–H groups in total. The summed E-state index contributed by atoms with van der Waals surface area (Å²) in [6, 6.07) is 0. The average molecular weight is 390 g/mol. The molecule has 8 heteroatoms. The monoisotopic (exact) mass is 390 g/mol. The summed E-state index contributed by atoms with van der Waals surface area (Å²) in [5.41, 5.74) is -0.601. The van der Waals surface area contributed by atoms with Crippen molar-refractivity contribution in [2.75, 3.05) is 26.2 Å². The highest BCUT2D eigenvalue weighted by Gasteiger charge is 2.47. The van der Waals surface area contributed by atoms with Gasteiger partial charge in [0.15, 0.2) is 6.10 Å². The number of nitrogens with zero attached hydrogens (tertiary/aromatic N) is 3. The molecule has 1 aromatic rings. The highest BCUT2D eigenvalue weighted by atomic mass is 16.5. The first-order chi connectivity index (χ1) is 13.6. The Morgan fingerprint density at radius 3 is 2.89 bits per heavy atom. The van der Waals surface area contributed by atoms with Crippen LogP contribution in [-0.2, 0) is 31.2 Å². The Labute approximate surface area is 165 Å². The highest BCUT2D eigenvalue weighted by Crippen LogP contribution is 2.40. The second-order valence-electron chi connectivity index (χ2n) is 8.01. The molecule has 154 valence electrons. The third kappa shape index (κ3) is 3.80. The van der Waals surface area contributed by atoms with Crippen molar-refractivity contribution in [2.45, 2.75) is 69.8 Å². The number of ether oxygens (including phenoxy) is 2. The topological polar surface area (TPSA) is 85.7 Å². The van der Waals surface area contributed by atoms with Gasteiger partial charge in [-0.15, -0.1) is 0 Å². The summed E-state index contributed by atoms with van der Waals surface area (Å²) < 4.78 is 14.0. The first kappa shape index (κ1) is 19.4. The van der Waals surface area contributed by atoms with E-state index in [2.05, 4.69) is 10.3 Å². The first-order valence-corrected chi connectivity index (χ1v) is 10.5. The summed E-state index contributed by atoms with van der Waals surface area (Å²) in [6.45, 7) is 5.06. The molecule has 0 unspecified atom stereocenters. The van der Waals surface area contributed by atoms with Gasteiger partial charge in [0, 0.05) is 57.9 Å². The normalized spacial score (nSPS) is 26.2. The molecule has 0 aliphatic carbocycles. The van der Waals surface area contributed by atoms with E-state index in [0.717, 1.165) is 31.7 Å². The van der Waals surface area contributed by atoms with Gasteiger partial charge in [-0.05, 0) is 19.3 Å². The van der Waals surface area contributed by atoms with Gasteiger partial charge in [-0.25, -0.2) is 4.98 Å². The quantitative estimate of drug-likeness (QED) is 0.816. The van der Waals surface area contributed by atoms with Crippen molar-refractivity contribution in [2.24, 2.45) is 0 Å². The lowest BCUT2D eigenvalue weighted by Crippen LogP contribution is -2.55. The molecule has 1 spiro atoms. The van der Waals surface area contributed by atoms with Crippen LogP contribution in [0.2, 0.25) is 0 Å². The van der Waals surface area contributed by atoms with Crippen molar-refractivity contribution in [1.82, 2.24) is 19.8 Å². The van der Waals surface area contributed by atoms with Gasteiger partial charge in [-0.3, -0.25) is 9.59 Å². The molecule has 8 nitrogen and oxygen atoms in total. The fraction of sp³-hybridized carbons (Fsp3) is 0.750. The maximum atomic E-state index is 12.8. The number of amides is 2. The summed E-state index contributed by atoms with van der Waals surface area (Å²) in [5.74, 6) is 0.972. The largest absolute Gasteiger partial charge is 0.376 e.